The van der Waals surface area contributed by atoms with Crippen LogP contribution in [-0.4, -0.2) is 36.5 Å². The highest BCUT2D eigenvalue weighted by Crippen LogP contribution is 2.29. The number of hydrogen-bond acceptors (Lipinski definition) is 3. The zero-order valence-corrected chi connectivity index (χ0v) is 22.3. The van der Waals surface area contributed by atoms with E-state index in [4.69, 9.17) is 0 Å². The number of nitrogens with one attached hydrogen (secondary N) is 2. The SMILES string of the molecule is CC(c1ccccc1)N(Cc1cc(NC(=O)CC(C)(C)C)ccc1N(C)C)C(=O)NC(C)(C)C. The summed E-state index contributed by atoms with van der Waals surface area (Å²) in [5, 5.41) is 6.15. The van der Waals surface area contributed by atoms with Crippen molar-refractivity contribution in [1.82, 2.24) is 10.2 Å². The largest absolute Gasteiger partial charge is 0.377 e. The fourth-order valence-corrected chi connectivity index (χ4v) is 3.79. The van der Waals surface area contributed by atoms with Crippen LogP contribution in [0.1, 0.15) is 72.1 Å². The second-order valence-corrected chi connectivity index (χ2v) is 11.4. The number of benzene rings is 2. The number of carbonyl (C=O) groups is 2. The normalized spacial score (nSPS) is 12.6. The molecule has 1 unspecified atom stereocenters. The first-order chi connectivity index (χ1) is 15.7. The summed E-state index contributed by atoms with van der Waals surface area (Å²) < 4.78 is 0. The minimum absolute atomic E-state index is 0.0176. The first kappa shape index (κ1) is 27.2. The minimum atomic E-state index is -0.362. The predicted molar refractivity (Wildman–Crippen MR) is 142 cm³/mol. The van der Waals surface area contributed by atoms with Gasteiger partial charge in [-0.25, -0.2) is 4.79 Å². The van der Waals surface area contributed by atoms with Crippen LogP contribution >= 0.6 is 0 Å². The molecule has 186 valence electrons. The lowest BCUT2D eigenvalue weighted by Crippen LogP contribution is -2.49. The molecule has 0 saturated heterocycles. The standard InChI is InChI=1S/C28H42N4O2/c1-20(21-13-11-10-12-14-21)32(26(34)30-28(5,6)7)19-22-17-23(15-16-24(22)31(8)9)29-25(33)18-27(2,3)4/h10-17,20H,18-19H2,1-9H3,(H,29,33)(H,30,34). The molecule has 0 saturated carbocycles. The van der Waals surface area contributed by atoms with Crippen molar-refractivity contribution < 1.29 is 9.59 Å². The van der Waals surface area contributed by atoms with Crippen molar-refractivity contribution in [3.8, 4) is 0 Å². The Morgan fingerprint density at radius 1 is 0.941 bits per heavy atom. The van der Waals surface area contributed by atoms with Crippen LogP contribution in [0.4, 0.5) is 16.2 Å². The second kappa shape index (κ2) is 10.9. The molecule has 6 nitrogen and oxygen atoms in total. The average Bonchev–Trinajstić information content (AvgIpc) is 2.69. The minimum Gasteiger partial charge on any atom is -0.377 e. The molecule has 6 heteroatoms. The molecule has 0 bridgehead atoms. The molecule has 1 atom stereocenters. The van der Waals surface area contributed by atoms with Gasteiger partial charge in [-0.3, -0.25) is 4.79 Å². The van der Waals surface area contributed by atoms with Crippen LogP contribution in [0.25, 0.3) is 0 Å². The highest BCUT2D eigenvalue weighted by molar-refractivity contribution is 5.91. The number of amides is 3. The van der Waals surface area contributed by atoms with E-state index in [2.05, 4.69) is 10.6 Å². The highest BCUT2D eigenvalue weighted by atomic mass is 16.2. The van der Waals surface area contributed by atoms with Crippen LogP contribution in [0.5, 0.6) is 0 Å². The Morgan fingerprint density at radius 3 is 2.09 bits per heavy atom. The summed E-state index contributed by atoms with van der Waals surface area (Å²) in [6.45, 7) is 14.5. The van der Waals surface area contributed by atoms with Crippen molar-refractivity contribution in [2.75, 3.05) is 24.3 Å². The Labute approximate surface area is 205 Å². The zero-order chi connectivity index (χ0) is 25.7. The van der Waals surface area contributed by atoms with Gasteiger partial charge in [-0.1, -0.05) is 51.1 Å². The lowest BCUT2D eigenvalue weighted by Gasteiger charge is -2.34. The highest BCUT2D eigenvalue weighted by Gasteiger charge is 2.26. The van der Waals surface area contributed by atoms with Gasteiger partial charge in [0.25, 0.3) is 0 Å². The molecular weight excluding hydrogens is 424 g/mol. The van der Waals surface area contributed by atoms with Crippen LogP contribution in [0.2, 0.25) is 0 Å². The zero-order valence-electron chi connectivity index (χ0n) is 22.3. The number of urea groups is 1. The van der Waals surface area contributed by atoms with Gasteiger partial charge in [0, 0.05) is 37.4 Å². The van der Waals surface area contributed by atoms with E-state index in [1.54, 1.807) is 0 Å². The Kier molecular flexibility index (Phi) is 8.76. The lowest BCUT2D eigenvalue weighted by molar-refractivity contribution is -0.117. The van der Waals surface area contributed by atoms with E-state index >= 15 is 0 Å². The number of rotatable bonds is 7. The average molecular weight is 467 g/mol. The maximum absolute atomic E-state index is 13.4. The predicted octanol–water partition coefficient (Wildman–Crippen LogP) is 6.20. The Bertz CT molecular complexity index is 972. The van der Waals surface area contributed by atoms with Gasteiger partial charge >= 0.3 is 6.03 Å². The van der Waals surface area contributed by atoms with Crippen LogP contribution in [-0.2, 0) is 11.3 Å². The third kappa shape index (κ3) is 8.40. The molecule has 0 fully saturated rings. The fraction of sp³-hybridized carbons (Fsp3) is 0.500. The molecule has 2 rings (SSSR count). The first-order valence-electron chi connectivity index (χ1n) is 11.9. The van der Waals surface area contributed by atoms with Gasteiger partial charge in [0.15, 0.2) is 0 Å². The molecule has 0 radical (unpaired) electrons. The van der Waals surface area contributed by atoms with E-state index in [-0.39, 0.29) is 28.9 Å². The quantitative estimate of drug-likeness (QED) is 0.511. The molecule has 2 aromatic carbocycles. The summed E-state index contributed by atoms with van der Waals surface area (Å²) in [6.07, 6.45) is 0.433. The van der Waals surface area contributed by atoms with Crippen molar-refractivity contribution in [2.45, 2.75) is 73.0 Å². The summed E-state index contributed by atoms with van der Waals surface area (Å²) in [4.78, 5) is 29.8. The van der Waals surface area contributed by atoms with Crippen molar-refractivity contribution in [2.24, 2.45) is 5.41 Å². The lowest BCUT2D eigenvalue weighted by atomic mass is 9.92. The molecule has 2 N–H and O–H groups in total. The first-order valence-corrected chi connectivity index (χ1v) is 11.9. The van der Waals surface area contributed by atoms with Crippen molar-refractivity contribution in [3.05, 3.63) is 59.7 Å². The summed E-state index contributed by atoms with van der Waals surface area (Å²) in [7, 11) is 3.97. The molecule has 2 aromatic rings. The molecule has 0 aromatic heterocycles. The summed E-state index contributed by atoms with van der Waals surface area (Å²) in [5.74, 6) is -0.0176. The number of nitrogens with zero attached hydrogens (tertiary/aromatic N) is 2. The van der Waals surface area contributed by atoms with Gasteiger partial charge in [0.05, 0.1) is 12.6 Å². The third-order valence-electron chi connectivity index (χ3n) is 5.37. The molecule has 34 heavy (non-hydrogen) atoms. The topological polar surface area (TPSA) is 64.7 Å². The van der Waals surface area contributed by atoms with Gasteiger partial charge in [0.2, 0.25) is 5.91 Å². The van der Waals surface area contributed by atoms with Crippen LogP contribution in [0.15, 0.2) is 48.5 Å². The molecule has 0 aliphatic carbocycles. The molecule has 0 heterocycles. The molecule has 3 amide bonds. The monoisotopic (exact) mass is 466 g/mol. The van der Waals surface area contributed by atoms with Crippen LogP contribution < -0.4 is 15.5 Å². The van der Waals surface area contributed by atoms with Crippen molar-refractivity contribution in [1.29, 1.82) is 0 Å². The van der Waals surface area contributed by atoms with E-state index in [0.717, 1.165) is 22.5 Å². The summed E-state index contributed by atoms with van der Waals surface area (Å²) in [6, 6.07) is 15.7. The Balaban J connectivity index is 2.42. The van der Waals surface area contributed by atoms with E-state index in [1.807, 2.05) is 121 Å². The third-order valence-corrected chi connectivity index (χ3v) is 5.37. The Hall–Kier alpha value is -3.02. The smallest absolute Gasteiger partial charge is 0.318 e. The summed E-state index contributed by atoms with van der Waals surface area (Å²) in [5.41, 5.74) is 3.31. The van der Waals surface area contributed by atoms with E-state index in [1.165, 1.54) is 0 Å². The number of hydrogen-bond donors (Lipinski definition) is 2. The van der Waals surface area contributed by atoms with Gasteiger partial charge in [0.1, 0.15) is 0 Å². The maximum atomic E-state index is 13.4. The van der Waals surface area contributed by atoms with Crippen molar-refractivity contribution in [3.63, 3.8) is 0 Å². The molecule has 0 aliphatic heterocycles. The second-order valence-electron chi connectivity index (χ2n) is 11.4. The van der Waals surface area contributed by atoms with Gasteiger partial charge in [-0.15, -0.1) is 0 Å². The van der Waals surface area contributed by atoms with Gasteiger partial charge < -0.3 is 20.4 Å². The van der Waals surface area contributed by atoms with Gasteiger partial charge in [-0.05, 0) is 62.4 Å². The molecule has 0 spiro atoms. The van der Waals surface area contributed by atoms with Crippen LogP contribution in [0.3, 0.4) is 0 Å². The number of carbonyl (C=O) groups excluding carboxylic acids is 2. The van der Waals surface area contributed by atoms with E-state index in [9.17, 15) is 9.59 Å². The molecule has 0 aliphatic rings. The van der Waals surface area contributed by atoms with E-state index < -0.39 is 0 Å². The van der Waals surface area contributed by atoms with E-state index in [0.29, 0.717) is 13.0 Å². The Morgan fingerprint density at radius 2 is 1.56 bits per heavy atom. The number of anilines is 2. The summed E-state index contributed by atoms with van der Waals surface area (Å²) >= 11 is 0. The molecular formula is C28H42N4O2. The fourth-order valence-electron chi connectivity index (χ4n) is 3.79. The van der Waals surface area contributed by atoms with Gasteiger partial charge in [-0.2, -0.15) is 0 Å². The van der Waals surface area contributed by atoms with Crippen LogP contribution in [0, 0.1) is 5.41 Å². The van der Waals surface area contributed by atoms with Crippen molar-refractivity contribution >= 4 is 23.3 Å². The maximum Gasteiger partial charge on any atom is 0.318 e.